The molecular formula is C12H21N5. The molecule has 2 aliphatic heterocycles. The van der Waals surface area contributed by atoms with Gasteiger partial charge in [0.05, 0.1) is 6.07 Å². The van der Waals surface area contributed by atoms with Crippen LogP contribution in [0.25, 0.3) is 0 Å². The molecule has 0 spiro atoms. The normalized spacial score (nSPS) is 33.4. The maximum atomic E-state index is 8.67. The number of aliphatic imine (C=N–C) groups is 1. The SMILES string of the molecule is CN=C(N)NC1C[C@H]2CC[C@@H](C1)N2CCC#N. The van der Waals surface area contributed by atoms with E-state index in [1.807, 2.05) is 0 Å². The van der Waals surface area contributed by atoms with Gasteiger partial charge in [0.1, 0.15) is 0 Å². The molecule has 2 saturated heterocycles. The van der Waals surface area contributed by atoms with Crippen molar-refractivity contribution < 1.29 is 0 Å². The summed E-state index contributed by atoms with van der Waals surface area (Å²) in [6.45, 7) is 0.926. The highest BCUT2D eigenvalue weighted by Gasteiger charge is 2.40. The van der Waals surface area contributed by atoms with Gasteiger partial charge >= 0.3 is 0 Å². The predicted octanol–water partition coefficient (Wildman–Crippen LogP) is 0.430. The van der Waals surface area contributed by atoms with Gasteiger partial charge in [-0.25, -0.2) is 0 Å². The van der Waals surface area contributed by atoms with Crippen molar-refractivity contribution in [3.63, 3.8) is 0 Å². The Morgan fingerprint density at radius 1 is 1.47 bits per heavy atom. The topological polar surface area (TPSA) is 77.4 Å². The first-order valence-corrected chi connectivity index (χ1v) is 6.36. The Bertz CT molecular complexity index is 318. The zero-order chi connectivity index (χ0) is 12.3. The van der Waals surface area contributed by atoms with Gasteiger partial charge in [-0.2, -0.15) is 5.26 Å². The minimum Gasteiger partial charge on any atom is -0.370 e. The third kappa shape index (κ3) is 2.70. The fourth-order valence-electron chi connectivity index (χ4n) is 3.21. The highest BCUT2D eigenvalue weighted by Crippen LogP contribution is 2.35. The van der Waals surface area contributed by atoms with Crippen LogP contribution in [0.5, 0.6) is 0 Å². The summed E-state index contributed by atoms with van der Waals surface area (Å²) in [7, 11) is 1.71. The van der Waals surface area contributed by atoms with Gasteiger partial charge < -0.3 is 11.1 Å². The standard InChI is InChI=1S/C12H21N5/c1-15-12(14)16-9-7-10-3-4-11(8-9)17(10)6-2-5-13/h9-11H,2-4,6-8H2,1H3,(H3,14,15,16)/t9?,10-,11+. The van der Waals surface area contributed by atoms with Crippen molar-refractivity contribution in [2.24, 2.45) is 10.7 Å². The molecule has 0 aliphatic carbocycles. The molecular weight excluding hydrogens is 214 g/mol. The molecule has 0 aromatic heterocycles. The Hall–Kier alpha value is -1.28. The average Bonchev–Trinajstić information content (AvgIpc) is 2.57. The monoisotopic (exact) mass is 235 g/mol. The fourth-order valence-corrected chi connectivity index (χ4v) is 3.21. The number of fused-ring (bicyclic) bond motifs is 2. The van der Waals surface area contributed by atoms with Gasteiger partial charge in [0.2, 0.25) is 0 Å². The Labute approximate surface area is 103 Å². The van der Waals surface area contributed by atoms with Crippen LogP contribution in [0.1, 0.15) is 32.1 Å². The van der Waals surface area contributed by atoms with E-state index < -0.39 is 0 Å². The summed E-state index contributed by atoms with van der Waals surface area (Å²) in [5.41, 5.74) is 5.71. The fraction of sp³-hybridized carbons (Fsp3) is 0.833. The molecule has 2 fully saturated rings. The third-order valence-electron chi connectivity index (χ3n) is 3.96. The van der Waals surface area contributed by atoms with E-state index in [1.54, 1.807) is 7.05 Å². The molecule has 5 nitrogen and oxygen atoms in total. The summed E-state index contributed by atoms with van der Waals surface area (Å²) in [5, 5.41) is 12.0. The zero-order valence-electron chi connectivity index (χ0n) is 10.4. The third-order valence-corrected chi connectivity index (χ3v) is 3.96. The Kier molecular flexibility index (Phi) is 3.85. The number of nitrogens with two attached hydrogens (primary N) is 1. The van der Waals surface area contributed by atoms with Crippen LogP contribution in [0.15, 0.2) is 4.99 Å². The number of rotatable bonds is 3. The largest absolute Gasteiger partial charge is 0.370 e. The van der Waals surface area contributed by atoms with Gasteiger partial charge in [0, 0.05) is 38.1 Å². The van der Waals surface area contributed by atoms with Crippen molar-refractivity contribution >= 4 is 5.96 Å². The lowest BCUT2D eigenvalue weighted by molar-refractivity contribution is 0.125. The highest BCUT2D eigenvalue weighted by molar-refractivity contribution is 5.77. The Balaban J connectivity index is 1.90. The van der Waals surface area contributed by atoms with E-state index in [-0.39, 0.29) is 0 Å². The first-order valence-electron chi connectivity index (χ1n) is 6.36. The molecule has 3 atom stereocenters. The molecule has 5 heteroatoms. The lowest BCUT2D eigenvalue weighted by Crippen LogP contribution is -2.51. The summed E-state index contributed by atoms with van der Waals surface area (Å²) in [5.74, 6) is 0.542. The van der Waals surface area contributed by atoms with Gasteiger partial charge in [-0.15, -0.1) is 0 Å². The second-order valence-corrected chi connectivity index (χ2v) is 4.95. The summed E-state index contributed by atoms with van der Waals surface area (Å²) < 4.78 is 0. The molecule has 0 aromatic rings. The number of guanidine groups is 1. The van der Waals surface area contributed by atoms with Gasteiger partial charge in [-0.1, -0.05) is 0 Å². The molecule has 0 amide bonds. The van der Waals surface area contributed by atoms with Crippen LogP contribution in [0.2, 0.25) is 0 Å². The number of nitrogens with one attached hydrogen (secondary N) is 1. The van der Waals surface area contributed by atoms with Gasteiger partial charge in [0.25, 0.3) is 0 Å². The zero-order valence-corrected chi connectivity index (χ0v) is 10.4. The minimum atomic E-state index is 0.453. The molecule has 2 bridgehead atoms. The molecule has 17 heavy (non-hydrogen) atoms. The van der Waals surface area contributed by atoms with Gasteiger partial charge in [0.15, 0.2) is 5.96 Å². The van der Waals surface area contributed by atoms with Crippen molar-refractivity contribution in [3.05, 3.63) is 0 Å². The van der Waals surface area contributed by atoms with Crippen molar-refractivity contribution in [3.8, 4) is 6.07 Å². The number of piperidine rings is 1. The number of nitrogens with zero attached hydrogens (tertiary/aromatic N) is 3. The van der Waals surface area contributed by atoms with Crippen LogP contribution in [0.3, 0.4) is 0 Å². The second-order valence-electron chi connectivity index (χ2n) is 4.95. The maximum absolute atomic E-state index is 8.67. The van der Waals surface area contributed by atoms with Gasteiger partial charge in [-0.05, 0) is 25.7 Å². The molecule has 94 valence electrons. The van der Waals surface area contributed by atoms with Crippen LogP contribution in [-0.4, -0.2) is 42.6 Å². The van der Waals surface area contributed by atoms with E-state index in [0.717, 1.165) is 19.4 Å². The van der Waals surface area contributed by atoms with Crippen LogP contribution in [0.4, 0.5) is 0 Å². The van der Waals surface area contributed by atoms with Crippen LogP contribution < -0.4 is 11.1 Å². The van der Waals surface area contributed by atoms with E-state index in [2.05, 4.69) is 21.3 Å². The molecule has 0 saturated carbocycles. The Morgan fingerprint density at radius 3 is 2.65 bits per heavy atom. The molecule has 2 heterocycles. The minimum absolute atomic E-state index is 0.453. The predicted molar refractivity (Wildman–Crippen MR) is 67.5 cm³/mol. The van der Waals surface area contributed by atoms with Gasteiger partial charge in [-0.3, -0.25) is 9.89 Å². The van der Waals surface area contributed by atoms with Crippen molar-refractivity contribution in [1.82, 2.24) is 10.2 Å². The quantitative estimate of drug-likeness (QED) is 0.549. The molecule has 2 aliphatic rings. The molecule has 0 aromatic carbocycles. The summed E-state index contributed by atoms with van der Waals surface area (Å²) >= 11 is 0. The van der Waals surface area contributed by atoms with E-state index in [4.69, 9.17) is 11.0 Å². The Morgan fingerprint density at radius 2 is 2.12 bits per heavy atom. The van der Waals surface area contributed by atoms with Crippen molar-refractivity contribution in [2.75, 3.05) is 13.6 Å². The smallest absolute Gasteiger partial charge is 0.188 e. The average molecular weight is 235 g/mol. The van der Waals surface area contributed by atoms with Crippen LogP contribution in [0, 0.1) is 11.3 Å². The molecule has 1 unspecified atom stereocenters. The van der Waals surface area contributed by atoms with E-state index in [1.165, 1.54) is 12.8 Å². The first-order chi connectivity index (χ1) is 8.24. The van der Waals surface area contributed by atoms with Crippen molar-refractivity contribution in [1.29, 1.82) is 5.26 Å². The second kappa shape index (κ2) is 5.37. The number of hydrogen-bond donors (Lipinski definition) is 2. The van der Waals surface area contributed by atoms with Crippen LogP contribution >= 0.6 is 0 Å². The van der Waals surface area contributed by atoms with E-state index >= 15 is 0 Å². The summed E-state index contributed by atoms with van der Waals surface area (Å²) in [4.78, 5) is 6.46. The number of nitriles is 1. The van der Waals surface area contributed by atoms with E-state index in [0.29, 0.717) is 30.5 Å². The van der Waals surface area contributed by atoms with Crippen LogP contribution in [-0.2, 0) is 0 Å². The first kappa shape index (κ1) is 12.2. The molecule has 3 N–H and O–H groups in total. The van der Waals surface area contributed by atoms with E-state index in [9.17, 15) is 0 Å². The summed E-state index contributed by atoms with van der Waals surface area (Å²) in [6, 6.07) is 3.95. The number of hydrogen-bond acceptors (Lipinski definition) is 3. The highest BCUT2D eigenvalue weighted by atomic mass is 15.2. The molecule has 0 radical (unpaired) electrons. The lowest BCUT2D eigenvalue weighted by Gasteiger charge is -2.38. The molecule has 2 rings (SSSR count). The lowest BCUT2D eigenvalue weighted by atomic mass is 9.97. The maximum Gasteiger partial charge on any atom is 0.188 e. The van der Waals surface area contributed by atoms with Crippen molar-refractivity contribution in [2.45, 2.75) is 50.2 Å². The summed E-state index contributed by atoms with van der Waals surface area (Å²) in [6.07, 6.45) is 5.41.